The van der Waals surface area contributed by atoms with Crippen LogP contribution >= 0.6 is 7.82 Å². The van der Waals surface area contributed by atoms with Crippen LogP contribution in [0.5, 0.6) is 0 Å². The number of pyridine rings is 1. The predicted molar refractivity (Wildman–Crippen MR) is 240 cm³/mol. The smallest absolute Gasteiger partial charge is 0.369 e. The maximum absolute atomic E-state index is 15.6. The molecule has 0 saturated carbocycles. The topological polar surface area (TPSA) is 261 Å². The summed E-state index contributed by atoms with van der Waals surface area (Å²) in [6.07, 6.45) is 5.83. The predicted octanol–water partition coefficient (Wildman–Crippen LogP) is 3.98. The highest BCUT2D eigenvalue weighted by atomic mass is 32.2. The van der Waals surface area contributed by atoms with Gasteiger partial charge in [-0.1, -0.05) is 13.0 Å². The second-order valence-electron chi connectivity index (χ2n) is 16.7. The van der Waals surface area contributed by atoms with Crippen LogP contribution in [0.1, 0.15) is 66.4 Å². The zero-order chi connectivity index (χ0) is 48.7. The molecule has 6 heterocycles. The van der Waals surface area contributed by atoms with E-state index >= 15 is 13.2 Å². The minimum Gasteiger partial charge on any atom is -0.369 e. The van der Waals surface area contributed by atoms with Crippen LogP contribution in [-0.4, -0.2) is 129 Å². The maximum atomic E-state index is 15.6. The molecular formula is C43H46F3N10O10PS. The lowest BCUT2D eigenvalue weighted by Crippen LogP contribution is -2.53. The summed E-state index contributed by atoms with van der Waals surface area (Å²) in [5.41, 5.74) is -1.42. The zero-order valence-corrected chi connectivity index (χ0v) is 38.3. The molecule has 0 bridgehead atoms. The Morgan fingerprint density at radius 3 is 2.28 bits per heavy atom. The summed E-state index contributed by atoms with van der Waals surface area (Å²) >= 11 is 0. The summed E-state index contributed by atoms with van der Waals surface area (Å²) in [4.78, 5) is 92.3. The minimum absolute atomic E-state index is 0.00317. The quantitative estimate of drug-likeness (QED) is 0.0599. The normalized spacial score (nSPS) is 18.0. The monoisotopic (exact) mass is 982 g/mol. The highest BCUT2D eigenvalue weighted by molar-refractivity contribution is 7.90. The van der Waals surface area contributed by atoms with E-state index < -0.39 is 75.9 Å². The van der Waals surface area contributed by atoms with Gasteiger partial charge in [-0.15, -0.1) is 0 Å². The Bertz CT molecular complexity index is 2960. The number of phosphoric acid groups is 1. The van der Waals surface area contributed by atoms with Gasteiger partial charge < -0.3 is 29.5 Å². The van der Waals surface area contributed by atoms with Crippen molar-refractivity contribution in [2.24, 2.45) is 0 Å². The molecule has 5 N–H and O–H groups in total. The Hall–Kier alpha value is -6.30. The number of hydrogen-bond donors (Lipinski definition) is 5. The van der Waals surface area contributed by atoms with Gasteiger partial charge in [-0.2, -0.15) is 12.7 Å². The highest BCUT2D eigenvalue weighted by Crippen LogP contribution is 2.47. The van der Waals surface area contributed by atoms with Crippen LogP contribution in [0.2, 0.25) is 0 Å². The number of anilines is 3. The summed E-state index contributed by atoms with van der Waals surface area (Å²) < 4.78 is 91.7. The Balaban J connectivity index is 0.897. The number of amides is 3. The largest absolute Gasteiger partial charge is 0.470 e. The first-order valence-corrected chi connectivity index (χ1v) is 24.5. The van der Waals surface area contributed by atoms with Crippen LogP contribution in [0.4, 0.5) is 30.5 Å². The number of H-pyrrole nitrogens is 1. The Labute approximate surface area is 387 Å². The fourth-order valence-electron chi connectivity index (χ4n) is 8.60. The number of ketones is 1. The second kappa shape index (κ2) is 19.0. The molecule has 3 aliphatic rings. The maximum Gasteiger partial charge on any atom is 0.470 e. The van der Waals surface area contributed by atoms with Crippen LogP contribution in [0.25, 0.3) is 22.2 Å². The van der Waals surface area contributed by atoms with Gasteiger partial charge in [0.1, 0.15) is 17.3 Å². The molecule has 360 valence electrons. The van der Waals surface area contributed by atoms with E-state index in [-0.39, 0.29) is 93.0 Å². The van der Waals surface area contributed by atoms with Crippen molar-refractivity contribution in [3.05, 3.63) is 95.3 Å². The standard InChI is InChI=1S/C43H46F3N10O10PS/c1-3-53(2)68(64,65)52-33-7-6-31(44)37(38(33)46)39(59)30-24-48-40-29(30)18-26(21-47-40)27-22-49-42(50-23-27)56-16-14-55(15-17-56)36(58)20-43(66-67(61,62)63)10-12-54(13-11-43)34-8-4-25(19-32(34)45)28-5-9-35(57)51-41(28)60/h4,6-8,18-19,21-24,28,52H,3,5,9-17,20H2,1-2H3,(H,47,48)(H,51,57,60)(H2,61,62,63). The third-order valence-corrected chi connectivity index (χ3v) is 14.7. The van der Waals surface area contributed by atoms with E-state index in [0.717, 1.165) is 16.4 Å². The van der Waals surface area contributed by atoms with Crippen molar-refractivity contribution in [2.75, 3.05) is 67.4 Å². The first-order valence-electron chi connectivity index (χ1n) is 21.5. The van der Waals surface area contributed by atoms with Crippen LogP contribution < -0.4 is 19.8 Å². The molecular weight excluding hydrogens is 937 g/mol. The van der Waals surface area contributed by atoms with Gasteiger partial charge in [0.05, 0.1) is 34.9 Å². The fourth-order valence-corrected chi connectivity index (χ4v) is 10.3. The average Bonchev–Trinajstić information content (AvgIpc) is 3.73. The summed E-state index contributed by atoms with van der Waals surface area (Å²) in [5.74, 6) is -5.86. The lowest BCUT2D eigenvalue weighted by atomic mass is 9.87. The van der Waals surface area contributed by atoms with Crippen molar-refractivity contribution in [1.29, 1.82) is 0 Å². The molecule has 0 aliphatic carbocycles. The first kappa shape index (κ1) is 48.2. The number of phosphoric ester groups is 1. The summed E-state index contributed by atoms with van der Waals surface area (Å²) in [5, 5.41) is 2.49. The number of piperidine rings is 2. The van der Waals surface area contributed by atoms with Crippen molar-refractivity contribution in [2.45, 2.75) is 50.5 Å². The molecule has 3 amide bonds. The number of carbonyl (C=O) groups is 4. The third kappa shape index (κ3) is 10.1. The van der Waals surface area contributed by atoms with Crippen molar-refractivity contribution >= 4 is 69.9 Å². The molecule has 3 aliphatic heterocycles. The van der Waals surface area contributed by atoms with Gasteiger partial charge in [-0.05, 0) is 55.2 Å². The van der Waals surface area contributed by atoms with Gasteiger partial charge in [0, 0.05) is 106 Å². The van der Waals surface area contributed by atoms with Crippen LogP contribution in [-0.2, 0) is 33.7 Å². The van der Waals surface area contributed by atoms with Gasteiger partial charge in [0.25, 0.3) is 0 Å². The van der Waals surface area contributed by atoms with E-state index in [4.69, 9.17) is 4.52 Å². The lowest BCUT2D eigenvalue weighted by molar-refractivity contribution is -0.137. The molecule has 3 saturated heterocycles. The number of imide groups is 1. The molecule has 25 heteroatoms. The van der Waals surface area contributed by atoms with E-state index in [1.54, 1.807) is 28.9 Å². The van der Waals surface area contributed by atoms with Crippen molar-refractivity contribution in [1.82, 2.24) is 34.5 Å². The zero-order valence-electron chi connectivity index (χ0n) is 36.6. The van der Waals surface area contributed by atoms with E-state index in [1.165, 1.54) is 44.0 Å². The molecule has 2 aromatic carbocycles. The van der Waals surface area contributed by atoms with Crippen LogP contribution in [0.3, 0.4) is 0 Å². The van der Waals surface area contributed by atoms with Crippen molar-refractivity contribution in [3.63, 3.8) is 0 Å². The number of fused-ring (bicyclic) bond motifs is 1. The number of nitrogens with one attached hydrogen (secondary N) is 3. The SMILES string of the molecule is CCN(C)S(=O)(=O)Nc1ccc(F)c(C(=O)c2c[nH]c3ncc(-c4cnc(N5CCN(C(=O)CC6(OP(=O)(O)O)CCN(c7ccc(C8CCC(=O)NC8=O)cc7F)CC6)CC5)nc4)cc23)c1F. The second-order valence-corrected chi connectivity index (χ2v) is 19.7. The molecule has 20 nitrogen and oxygen atoms in total. The number of piperazine rings is 1. The van der Waals surface area contributed by atoms with E-state index in [9.17, 15) is 41.9 Å². The Morgan fingerprint density at radius 2 is 1.63 bits per heavy atom. The van der Waals surface area contributed by atoms with Crippen molar-refractivity contribution in [3.8, 4) is 11.1 Å². The number of rotatable bonds is 14. The van der Waals surface area contributed by atoms with Crippen LogP contribution in [0, 0.1) is 17.5 Å². The Kier molecular flexibility index (Phi) is 13.5. The number of hydrogen-bond acceptors (Lipinski definition) is 13. The molecule has 3 aromatic heterocycles. The van der Waals surface area contributed by atoms with E-state index in [2.05, 4.69) is 25.3 Å². The van der Waals surface area contributed by atoms with Crippen molar-refractivity contribution < 1.29 is 59.6 Å². The number of halogens is 3. The van der Waals surface area contributed by atoms with Gasteiger partial charge in [0.2, 0.25) is 29.5 Å². The molecule has 3 fully saturated rings. The van der Waals surface area contributed by atoms with E-state index in [1.807, 2.05) is 9.62 Å². The molecule has 5 aromatic rings. The summed E-state index contributed by atoms with van der Waals surface area (Å²) in [6.45, 7) is 2.93. The number of aromatic nitrogens is 4. The molecule has 1 unspecified atom stereocenters. The van der Waals surface area contributed by atoms with Gasteiger partial charge >= 0.3 is 18.0 Å². The summed E-state index contributed by atoms with van der Waals surface area (Å²) in [7, 11) is -7.99. The Morgan fingerprint density at radius 1 is 0.941 bits per heavy atom. The molecule has 1 atom stereocenters. The molecule has 0 spiro atoms. The molecule has 8 rings (SSSR count). The van der Waals surface area contributed by atoms with Gasteiger partial charge in [0.15, 0.2) is 5.82 Å². The first-order chi connectivity index (χ1) is 32.2. The number of carbonyl (C=O) groups excluding carboxylic acids is 4. The lowest BCUT2D eigenvalue weighted by Gasteiger charge is -2.43. The average molecular weight is 983 g/mol. The number of aromatic amines is 1. The number of benzene rings is 2. The van der Waals surface area contributed by atoms with Crippen LogP contribution in [0.15, 0.2) is 61.2 Å². The third-order valence-electron chi connectivity index (χ3n) is 12.5. The van der Waals surface area contributed by atoms with Gasteiger partial charge in [-0.3, -0.25) is 33.7 Å². The minimum atomic E-state index is -5.07. The fraction of sp³-hybridized carbons (Fsp3) is 0.372. The number of nitrogens with zero attached hydrogens (tertiary/aromatic N) is 7. The molecule has 0 radical (unpaired) electrons. The highest BCUT2D eigenvalue weighted by Gasteiger charge is 2.44. The summed E-state index contributed by atoms with van der Waals surface area (Å²) in [6, 6.07) is 7.64. The molecule has 68 heavy (non-hydrogen) atoms. The van der Waals surface area contributed by atoms with Gasteiger partial charge in [-0.25, -0.2) is 32.7 Å². The van der Waals surface area contributed by atoms with E-state index in [0.29, 0.717) is 35.7 Å².